The summed E-state index contributed by atoms with van der Waals surface area (Å²) >= 11 is 0. The van der Waals surface area contributed by atoms with Crippen LogP contribution in [-0.2, 0) is 4.79 Å². The van der Waals surface area contributed by atoms with Crippen LogP contribution >= 0.6 is 0 Å². The van der Waals surface area contributed by atoms with Crippen LogP contribution in [0.3, 0.4) is 0 Å². The second-order valence-electron chi connectivity index (χ2n) is 5.69. The van der Waals surface area contributed by atoms with Crippen molar-refractivity contribution < 1.29 is 4.79 Å². The van der Waals surface area contributed by atoms with Gasteiger partial charge < -0.3 is 10.2 Å². The number of H-pyrrole nitrogens is 1. The lowest BCUT2D eigenvalue weighted by Crippen LogP contribution is -2.36. The molecule has 0 aliphatic carbocycles. The van der Waals surface area contributed by atoms with Crippen molar-refractivity contribution in [2.24, 2.45) is 5.92 Å². The molecule has 5 heteroatoms. The number of amides is 1. The molecule has 1 aromatic heterocycles. The molecule has 0 radical (unpaired) electrons. The number of anilines is 1. The fourth-order valence-electron chi connectivity index (χ4n) is 2.71. The smallest absolute Gasteiger partial charge is 0.228 e. The number of aryl methyl sites for hydroxylation is 1. The third-order valence-corrected chi connectivity index (χ3v) is 4.05. The Labute approximate surface area is 118 Å². The van der Waals surface area contributed by atoms with Crippen molar-refractivity contribution in [1.82, 2.24) is 15.1 Å². The van der Waals surface area contributed by atoms with E-state index >= 15 is 0 Å². The number of nitrogens with zero attached hydrogens (tertiary/aromatic N) is 2. The number of nitrogens with one attached hydrogen (secondary N) is 2. The van der Waals surface area contributed by atoms with E-state index in [1.54, 1.807) is 0 Å². The van der Waals surface area contributed by atoms with E-state index < -0.39 is 0 Å². The lowest BCUT2D eigenvalue weighted by Gasteiger charge is -2.27. The number of carbonyl (C=O) groups is 1. The zero-order valence-electron chi connectivity index (χ0n) is 11.9. The average Bonchev–Trinajstić information content (AvgIpc) is 2.82. The highest BCUT2D eigenvalue weighted by atomic mass is 16.2. The summed E-state index contributed by atoms with van der Waals surface area (Å²) < 4.78 is 0. The second-order valence-corrected chi connectivity index (χ2v) is 5.69. The normalized spacial score (nSPS) is 17.5. The molecule has 1 amide bonds. The molecule has 0 bridgehead atoms. The molecule has 0 atom stereocenters. The summed E-state index contributed by atoms with van der Waals surface area (Å²) in [5, 5.41) is 11.1. The molecule has 0 spiro atoms. The summed E-state index contributed by atoms with van der Waals surface area (Å²) in [6, 6.07) is 6.06. The van der Waals surface area contributed by atoms with E-state index in [-0.39, 0.29) is 11.8 Å². The molecule has 2 aromatic rings. The first-order valence-electron chi connectivity index (χ1n) is 7.07. The Hall–Kier alpha value is -1.88. The number of aromatic amines is 1. The Morgan fingerprint density at radius 2 is 2.15 bits per heavy atom. The minimum absolute atomic E-state index is 0.0907. The minimum Gasteiger partial charge on any atom is -0.308 e. The Balaban J connectivity index is 1.76. The van der Waals surface area contributed by atoms with Gasteiger partial charge in [0.25, 0.3) is 0 Å². The van der Waals surface area contributed by atoms with Gasteiger partial charge in [-0.2, -0.15) is 5.10 Å². The van der Waals surface area contributed by atoms with E-state index in [9.17, 15) is 4.79 Å². The molecule has 1 fully saturated rings. The summed E-state index contributed by atoms with van der Waals surface area (Å²) in [4.78, 5) is 14.6. The third-order valence-electron chi connectivity index (χ3n) is 4.05. The zero-order valence-corrected chi connectivity index (χ0v) is 11.9. The van der Waals surface area contributed by atoms with Gasteiger partial charge in [-0.25, -0.2) is 0 Å². The number of hydrogen-bond acceptors (Lipinski definition) is 3. The van der Waals surface area contributed by atoms with Crippen LogP contribution in [0.4, 0.5) is 5.82 Å². The summed E-state index contributed by atoms with van der Waals surface area (Å²) in [5.74, 6) is 0.836. The minimum atomic E-state index is 0.0907. The molecule has 2 heterocycles. The highest BCUT2D eigenvalue weighted by molar-refractivity contribution is 6.00. The Kier molecular flexibility index (Phi) is 3.44. The van der Waals surface area contributed by atoms with Crippen LogP contribution in [0.25, 0.3) is 10.9 Å². The van der Waals surface area contributed by atoms with E-state index in [2.05, 4.69) is 27.5 Å². The van der Waals surface area contributed by atoms with Crippen LogP contribution in [0.2, 0.25) is 0 Å². The SMILES string of the molecule is Cc1ccc2[nH]nc(NC(=O)C3CCN(C)CC3)c2c1. The van der Waals surface area contributed by atoms with E-state index in [1.807, 2.05) is 25.1 Å². The van der Waals surface area contributed by atoms with Crippen LogP contribution in [0, 0.1) is 12.8 Å². The fraction of sp³-hybridized carbons (Fsp3) is 0.467. The maximum atomic E-state index is 12.3. The van der Waals surface area contributed by atoms with Gasteiger partial charge in [0.15, 0.2) is 5.82 Å². The van der Waals surface area contributed by atoms with Crippen molar-refractivity contribution >= 4 is 22.6 Å². The van der Waals surface area contributed by atoms with Gasteiger partial charge in [0.2, 0.25) is 5.91 Å². The summed E-state index contributed by atoms with van der Waals surface area (Å²) in [7, 11) is 2.10. The zero-order chi connectivity index (χ0) is 14.1. The molecule has 20 heavy (non-hydrogen) atoms. The standard InChI is InChI=1S/C15H20N4O/c1-10-3-4-13-12(9-10)14(18-17-13)16-15(20)11-5-7-19(2)8-6-11/h3-4,9,11H,5-8H2,1-2H3,(H2,16,17,18,20). The maximum absolute atomic E-state index is 12.3. The maximum Gasteiger partial charge on any atom is 0.228 e. The van der Waals surface area contributed by atoms with Gasteiger partial charge in [-0.3, -0.25) is 9.89 Å². The quantitative estimate of drug-likeness (QED) is 0.880. The molecule has 106 valence electrons. The number of benzene rings is 1. The number of likely N-dealkylation sites (tertiary alicyclic amines) is 1. The third kappa shape index (κ3) is 2.54. The van der Waals surface area contributed by atoms with Crippen LogP contribution < -0.4 is 5.32 Å². The van der Waals surface area contributed by atoms with Crippen molar-refractivity contribution in [2.45, 2.75) is 19.8 Å². The van der Waals surface area contributed by atoms with Crippen LogP contribution in [-0.4, -0.2) is 41.1 Å². The Bertz CT molecular complexity index is 626. The molecular formula is C15H20N4O. The number of piperidine rings is 1. The first kappa shape index (κ1) is 13.1. The average molecular weight is 272 g/mol. The fourth-order valence-corrected chi connectivity index (χ4v) is 2.71. The Morgan fingerprint density at radius 3 is 2.90 bits per heavy atom. The largest absolute Gasteiger partial charge is 0.308 e. The van der Waals surface area contributed by atoms with Gasteiger partial charge in [-0.1, -0.05) is 11.6 Å². The molecular weight excluding hydrogens is 252 g/mol. The second kappa shape index (κ2) is 5.25. The van der Waals surface area contributed by atoms with Crippen molar-refractivity contribution in [3.05, 3.63) is 23.8 Å². The number of rotatable bonds is 2. The molecule has 5 nitrogen and oxygen atoms in total. The molecule has 3 rings (SSSR count). The predicted molar refractivity (Wildman–Crippen MR) is 79.7 cm³/mol. The first-order valence-corrected chi connectivity index (χ1v) is 7.07. The van der Waals surface area contributed by atoms with E-state index in [1.165, 1.54) is 0 Å². The van der Waals surface area contributed by atoms with Crippen molar-refractivity contribution in [3.8, 4) is 0 Å². The molecule has 1 aromatic carbocycles. The Morgan fingerprint density at radius 1 is 1.40 bits per heavy atom. The van der Waals surface area contributed by atoms with Gasteiger partial charge in [-0.05, 0) is 52.0 Å². The molecule has 2 N–H and O–H groups in total. The molecule has 1 aliphatic rings. The number of carbonyl (C=O) groups excluding carboxylic acids is 1. The van der Waals surface area contributed by atoms with Crippen LogP contribution in [0.1, 0.15) is 18.4 Å². The van der Waals surface area contributed by atoms with Gasteiger partial charge in [0.1, 0.15) is 0 Å². The van der Waals surface area contributed by atoms with E-state index in [0.29, 0.717) is 5.82 Å². The van der Waals surface area contributed by atoms with Crippen LogP contribution in [0.15, 0.2) is 18.2 Å². The number of hydrogen-bond donors (Lipinski definition) is 2. The summed E-state index contributed by atoms with van der Waals surface area (Å²) in [6.07, 6.45) is 1.84. The van der Waals surface area contributed by atoms with Gasteiger partial charge in [0, 0.05) is 11.3 Å². The highest BCUT2D eigenvalue weighted by Crippen LogP contribution is 2.23. The monoisotopic (exact) mass is 272 g/mol. The lowest BCUT2D eigenvalue weighted by molar-refractivity contribution is -0.121. The first-order chi connectivity index (χ1) is 9.63. The van der Waals surface area contributed by atoms with Crippen molar-refractivity contribution in [1.29, 1.82) is 0 Å². The van der Waals surface area contributed by atoms with Crippen LogP contribution in [0.5, 0.6) is 0 Å². The summed E-state index contributed by atoms with van der Waals surface area (Å²) in [6.45, 7) is 4.01. The van der Waals surface area contributed by atoms with Gasteiger partial charge in [0.05, 0.1) is 5.52 Å². The van der Waals surface area contributed by atoms with Gasteiger partial charge in [-0.15, -0.1) is 0 Å². The van der Waals surface area contributed by atoms with E-state index in [0.717, 1.165) is 42.4 Å². The molecule has 1 aliphatic heterocycles. The predicted octanol–water partition coefficient (Wildman–Crippen LogP) is 2.15. The topological polar surface area (TPSA) is 61.0 Å². The molecule has 1 saturated heterocycles. The highest BCUT2D eigenvalue weighted by Gasteiger charge is 2.24. The van der Waals surface area contributed by atoms with Crippen molar-refractivity contribution in [2.75, 3.05) is 25.5 Å². The van der Waals surface area contributed by atoms with Gasteiger partial charge >= 0.3 is 0 Å². The molecule has 0 unspecified atom stereocenters. The van der Waals surface area contributed by atoms with E-state index in [4.69, 9.17) is 0 Å². The number of aromatic nitrogens is 2. The number of fused-ring (bicyclic) bond motifs is 1. The summed E-state index contributed by atoms with van der Waals surface area (Å²) in [5.41, 5.74) is 2.11. The molecule has 0 saturated carbocycles. The van der Waals surface area contributed by atoms with Crippen molar-refractivity contribution in [3.63, 3.8) is 0 Å². The lowest BCUT2D eigenvalue weighted by atomic mass is 9.96.